The molecule has 8 rings (SSSR count). The summed E-state index contributed by atoms with van der Waals surface area (Å²) in [6.07, 6.45) is 1.94. The second kappa shape index (κ2) is 11.7. The molecular formula is C43H35N3O2. The van der Waals surface area contributed by atoms with Gasteiger partial charge in [-0.3, -0.25) is 4.57 Å². The molecule has 5 heteroatoms. The molecule has 0 unspecified atom stereocenters. The molecule has 0 aliphatic heterocycles. The van der Waals surface area contributed by atoms with Crippen molar-refractivity contribution >= 4 is 32.7 Å². The van der Waals surface area contributed by atoms with Crippen LogP contribution in [0.4, 0.5) is 0 Å². The lowest BCUT2D eigenvalue weighted by molar-refractivity contribution is 0.457. The summed E-state index contributed by atoms with van der Waals surface area (Å²) in [6, 6.07) is 41.5. The van der Waals surface area contributed by atoms with Crippen molar-refractivity contribution in [2.45, 2.75) is 33.6 Å². The Balaban J connectivity index is 1.32. The molecule has 0 aliphatic rings. The van der Waals surface area contributed by atoms with Gasteiger partial charge in [-0.2, -0.15) is 0 Å². The van der Waals surface area contributed by atoms with Gasteiger partial charge < -0.3 is 9.84 Å². The first-order chi connectivity index (χ1) is 23.4. The Morgan fingerprint density at radius 2 is 1.31 bits per heavy atom. The number of ether oxygens (including phenoxy) is 1. The third kappa shape index (κ3) is 5.05. The third-order valence-electron chi connectivity index (χ3n) is 9.32. The molecule has 0 saturated heterocycles. The monoisotopic (exact) mass is 625 g/mol. The minimum absolute atomic E-state index is 0.145. The second-order valence-corrected chi connectivity index (χ2v) is 12.8. The molecule has 3 aromatic heterocycles. The van der Waals surface area contributed by atoms with Crippen molar-refractivity contribution in [3.05, 3.63) is 144 Å². The summed E-state index contributed by atoms with van der Waals surface area (Å²) in [5, 5.41) is 14.5. The van der Waals surface area contributed by atoms with E-state index in [9.17, 15) is 5.11 Å². The van der Waals surface area contributed by atoms with E-state index in [-0.39, 0.29) is 11.7 Å². The van der Waals surface area contributed by atoms with Gasteiger partial charge in [0, 0.05) is 34.5 Å². The molecule has 0 fully saturated rings. The fourth-order valence-electron chi connectivity index (χ4n) is 6.62. The second-order valence-electron chi connectivity index (χ2n) is 12.8. The highest BCUT2D eigenvalue weighted by Gasteiger charge is 2.19. The number of phenols is 1. The Morgan fingerprint density at radius 1 is 0.646 bits per heavy atom. The number of pyridine rings is 2. The topological polar surface area (TPSA) is 60.2 Å². The first-order valence-corrected chi connectivity index (χ1v) is 16.3. The van der Waals surface area contributed by atoms with E-state index in [1.54, 1.807) is 0 Å². The molecule has 0 radical (unpaired) electrons. The van der Waals surface area contributed by atoms with Crippen LogP contribution in [0.15, 0.2) is 128 Å². The van der Waals surface area contributed by atoms with E-state index in [0.717, 1.165) is 66.4 Å². The van der Waals surface area contributed by atoms with Crippen molar-refractivity contribution < 1.29 is 9.84 Å². The molecule has 0 bridgehead atoms. The van der Waals surface area contributed by atoms with Gasteiger partial charge >= 0.3 is 0 Å². The minimum Gasteiger partial charge on any atom is -0.505 e. The van der Waals surface area contributed by atoms with Gasteiger partial charge in [0.2, 0.25) is 5.88 Å². The lowest BCUT2D eigenvalue weighted by Gasteiger charge is -2.15. The van der Waals surface area contributed by atoms with Gasteiger partial charge in [-0.1, -0.05) is 98.8 Å². The highest BCUT2D eigenvalue weighted by molar-refractivity contribution is 6.10. The van der Waals surface area contributed by atoms with Gasteiger partial charge in [0.05, 0.1) is 11.0 Å². The minimum atomic E-state index is 0.145. The van der Waals surface area contributed by atoms with Crippen molar-refractivity contribution in [3.8, 4) is 45.5 Å². The molecule has 5 aromatic carbocycles. The largest absolute Gasteiger partial charge is 0.505 e. The SMILES string of the molecule is Cc1cnc(-n2c3cc(Oc4cc(-c5ccccc5)c5ccc(C(C)C)c(O)c5n4)ccc3c3ccc(-c4ccccc4)cc32)cc1C. The smallest absolute Gasteiger partial charge is 0.220 e. The molecular weight excluding hydrogens is 590 g/mol. The van der Waals surface area contributed by atoms with E-state index >= 15 is 0 Å². The molecule has 48 heavy (non-hydrogen) atoms. The maximum atomic E-state index is 11.4. The van der Waals surface area contributed by atoms with Crippen molar-refractivity contribution in [1.29, 1.82) is 0 Å². The molecule has 8 aromatic rings. The zero-order valence-electron chi connectivity index (χ0n) is 27.4. The van der Waals surface area contributed by atoms with Gasteiger partial charge in [0.25, 0.3) is 0 Å². The summed E-state index contributed by atoms with van der Waals surface area (Å²) in [7, 11) is 0. The van der Waals surface area contributed by atoms with Crippen LogP contribution in [0.2, 0.25) is 0 Å². The number of hydrogen-bond donors (Lipinski definition) is 1. The summed E-state index contributed by atoms with van der Waals surface area (Å²) >= 11 is 0. The molecule has 0 spiro atoms. The number of hydrogen-bond acceptors (Lipinski definition) is 4. The number of nitrogens with zero attached hydrogens (tertiary/aromatic N) is 3. The van der Waals surface area contributed by atoms with Gasteiger partial charge in [0.15, 0.2) is 0 Å². The number of aromatic nitrogens is 3. The number of benzene rings is 5. The van der Waals surface area contributed by atoms with Crippen molar-refractivity contribution in [2.75, 3.05) is 0 Å². The van der Waals surface area contributed by atoms with Gasteiger partial charge in [-0.05, 0) is 83.0 Å². The third-order valence-corrected chi connectivity index (χ3v) is 9.32. The van der Waals surface area contributed by atoms with Crippen molar-refractivity contribution in [1.82, 2.24) is 14.5 Å². The highest BCUT2D eigenvalue weighted by atomic mass is 16.5. The Labute approximate surface area is 279 Å². The van der Waals surface area contributed by atoms with Crippen LogP contribution in [0, 0.1) is 13.8 Å². The molecule has 0 atom stereocenters. The average molecular weight is 626 g/mol. The zero-order valence-corrected chi connectivity index (χ0v) is 27.4. The Kier molecular flexibility index (Phi) is 7.18. The fourth-order valence-corrected chi connectivity index (χ4v) is 6.62. The number of aromatic hydroxyl groups is 1. The molecule has 0 saturated carbocycles. The quantitative estimate of drug-likeness (QED) is 0.200. The standard InChI is InChI=1S/C43H35N3O2/c1-26(2)33-19-20-36-37(30-13-9-6-10-14-30)24-41(45-42(36)43(33)47)48-32-16-18-35-34-17-15-31(29-11-7-5-8-12-29)22-38(34)46(39(35)23-32)40-21-27(3)28(4)25-44-40/h5-26,47H,1-4H3. The van der Waals surface area contributed by atoms with Crippen LogP contribution in [-0.2, 0) is 0 Å². The summed E-state index contributed by atoms with van der Waals surface area (Å²) in [5.74, 6) is 2.24. The van der Waals surface area contributed by atoms with E-state index in [1.165, 1.54) is 5.56 Å². The molecule has 3 heterocycles. The lowest BCUT2D eigenvalue weighted by Crippen LogP contribution is -1.99. The van der Waals surface area contributed by atoms with Crippen LogP contribution < -0.4 is 4.74 Å². The van der Waals surface area contributed by atoms with Crippen molar-refractivity contribution in [2.24, 2.45) is 0 Å². The Morgan fingerprint density at radius 3 is 2.02 bits per heavy atom. The van der Waals surface area contributed by atoms with Crippen LogP contribution in [0.1, 0.15) is 36.5 Å². The molecule has 0 aliphatic carbocycles. The van der Waals surface area contributed by atoms with E-state index in [4.69, 9.17) is 14.7 Å². The fraction of sp³-hybridized carbons (Fsp3) is 0.116. The highest BCUT2D eigenvalue weighted by Crippen LogP contribution is 2.41. The van der Waals surface area contributed by atoms with E-state index in [1.807, 2.05) is 54.7 Å². The maximum Gasteiger partial charge on any atom is 0.220 e. The predicted molar refractivity (Wildman–Crippen MR) is 196 cm³/mol. The van der Waals surface area contributed by atoms with E-state index in [0.29, 0.717) is 17.1 Å². The summed E-state index contributed by atoms with van der Waals surface area (Å²) in [5.41, 5.74) is 10.0. The predicted octanol–water partition coefficient (Wildman–Crippen LogP) is 11.3. The van der Waals surface area contributed by atoms with E-state index < -0.39 is 0 Å². The van der Waals surface area contributed by atoms with Crippen molar-refractivity contribution in [3.63, 3.8) is 0 Å². The molecule has 5 nitrogen and oxygen atoms in total. The normalized spacial score (nSPS) is 11.6. The number of aryl methyl sites for hydroxylation is 2. The number of phenolic OH excluding ortho intramolecular Hbond substituents is 1. The average Bonchev–Trinajstić information content (AvgIpc) is 3.43. The van der Waals surface area contributed by atoms with Crippen LogP contribution >= 0.6 is 0 Å². The van der Waals surface area contributed by atoms with Gasteiger partial charge in [0.1, 0.15) is 22.8 Å². The summed E-state index contributed by atoms with van der Waals surface area (Å²) < 4.78 is 8.80. The van der Waals surface area contributed by atoms with Gasteiger partial charge in [-0.25, -0.2) is 9.97 Å². The van der Waals surface area contributed by atoms with Crippen LogP contribution in [0.3, 0.4) is 0 Å². The van der Waals surface area contributed by atoms with Crippen LogP contribution in [-0.4, -0.2) is 19.6 Å². The maximum absolute atomic E-state index is 11.4. The molecule has 0 amide bonds. The number of fused-ring (bicyclic) bond motifs is 4. The zero-order chi connectivity index (χ0) is 32.9. The van der Waals surface area contributed by atoms with Crippen LogP contribution in [0.25, 0.3) is 60.8 Å². The lowest BCUT2D eigenvalue weighted by atomic mass is 9.96. The first kappa shape index (κ1) is 29.5. The summed E-state index contributed by atoms with van der Waals surface area (Å²) in [4.78, 5) is 9.77. The van der Waals surface area contributed by atoms with Crippen LogP contribution in [0.5, 0.6) is 17.4 Å². The summed E-state index contributed by atoms with van der Waals surface area (Å²) in [6.45, 7) is 8.34. The Bertz CT molecular complexity index is 2480. The first-order valence-electron chi connectivity index (χ1n) is 16.3. The Hall–Kier alpha value is -5.94. The number of rotatable bonds is 6. The van der Waals surface area contributed by atoms with E-state index in [2.05, 4.69) is 105 Å². The molecule has 1 N–H and O–H groups in total. The van der Waals surface area contributed by atoms with Gasteiger partial charge in [-0.15, -0.1) is 0 Å². The molecule has 234 valence electrons.